The molecule has 0 bridgehead atoms. The Morgan fingerprint density at radius 3 is 2.19 bits per heavy atom. The molecule has 1 unspecified atom stereocenters. The number of carbonyl (C=O) groups excluding carboxylic acids is 1. The van der Waals surface area contributed by atoms with Gasteiger partial charge >= 0.3 is 0 Å². The number of aryl methyl sites for hydroxylation is 2. The van der Waals surface area contributed by atoms with Crippen LogP contribution in [0.3, 0.4) is 0 Å². The average Bonchev–Trinajstić information content (AvgIpc) is 2.08. The summed E-state index contributed by atoms with van der Waals surface area (Å²) in [6.45, 7) is 12.7. The summed E-state index contributed by atoms with van der Waals surface area (Å²) in [4.78, 5) is 11.9. The van der Waals surface area contributed by atoms with Gasteiger partial charge in [-0.3, -0.25) is 4.79 Å². The van der Waals surface area contributed by atoms with Crippen molar-refractivity contribution < 1.29 is 4.79 Å². The van der Waals surface area contributed by atoms with E-state index in [4.69, 9.17) is 0 Å². The molecule has 0 amide bonds. The monoisotopic (exact) mass is 234 g/mol. The Morgan fingerprint density at radius 2 is 1.75 bits per heavy atom. The van der Waals surface area contributed by atoms with Crippen molar-refractivity contribution in [2.24, 2.45) is 0 Å². The van der Waals surface area contributed by atoms with E-state index in [1.165, 1.54) is 16.7 Å². The van der Waals surface area contributed by atoms with E-state index < -0.39 is 8.07 Å². The standard InChI is InChI=1S/C14H22OSi/c1-10-7-8-11(2)13(9-10)14(12(3)15)16(4,5)6/h7-9,14H,1-6H3. The largest absolute Gasteiger partial charge is 0.300 e. The van der Waals surface area contributed by atoms with Crippen LogP contribution >= 0.6 is 0 Å². The molecule has 1 atom stereocenters. The van der Waals surface area contributed by atoms with Gasteiger partial charge in [0.2, 0.25) is 0 Å². The number of hydrogen-bond acceptors (Lipinski definition) is 1. The molecule has 0 aromatic heterocycles. The Morgan fingerprint density at radius 1 is 1.19 bits per heavy atom. The van der Waals surface area contributed by atoms with Crippen LogP contribution in [0.1, 0.15) is 29.2 Å². The zero-order chi connectivity index (χ0) is 12.5. The Balaban J connectivity index is 3.32. The van der Waals surface area contributed by atoms with Gasteiger partial charge in [0.1, 0.15) is 5.78 Å². The summed E-state index contributed by atoms with van der Waals surface area (Å²) in [5.41, 5.74) is 3.86. The number of benzene rings is 1. The van der Waals surface area contributed by atoms with Crippen LogP contribution in [0.15, 0.2) is 18.2 Å². The van der Waals surface area contributed by atoms with E-state index in [0.29, 0.717) is 5.78 Å². The van der Waals surface area contributed by atoms with Crippen LogP contribution in [-0.4, -0.2) is 13.9 Å². The summed E-state index contributed by atoms with van der Waals surface area (Å²) < 4.78 is 0. The quantitative estimate of drug-likeness (QED) is 0.726. The molecule has 0 aliphatic carbocycles. The molecule has 2 heteroatoms. The predicted molar refractivity (Wildman–Crippen MR) is 72.7 cm³/mol. The second kappa shape index (κ2) is 4.54. The molecule has 0 N–H and O–H groups in total. The highest BCUT2D eigenvalue weighted by Gasteiger charge is 2.32. The summed E-state index contributed by atoms with van der Waals surface area (Å²) in [6.07, 6.45) is 0. The van der Waals surface area contributed by atoms with Crippen molar-refractivity contribution in [3.8, 4) is 0 Å². The van der Waals surface area contributed by atoms with Crippen molar-refractivity contribution in [2.45, 2.75) is 46.0 Å². The van der Waals surface area contributed by atoms with Crippen LogP contribution in [0.2, 0.25) is 19.6 Å². The maximum absolute atomic E-state index is 11.9. The molecule has 1 nitrogen and oxygen atoms in total. The molecule has 0 saturated heterocycles. The third kappa shape index (κ3) is 2.82. The van der Waals surface area contributed by atoms with Gasteiger partial charge in [-0.25, -0.2) is 0 Å². The van der Waals surface area contributed by atoms with Gasteiger partial charge in [0, 0.05) is 5.54 Å². The fourth-order valence-corrected chi connectivity index (χ4v) is 4.83. The molecule has 1 rings (SSSR count). The van der Waals surface area contributed by atoms with E-state index in [1.54, 1.807) is 6.92 Å². The van der Waals surface area contributed by atoms with Gasteiger partial charge in [0.25, 0.3) is 0 Å². The first-order valence-corrected chi connectivity index (χ1v) is 9.39. The summed E-state index contributed by atoms with van der Waals surface area (Å²) in [5.74, 6) is 0.313. The smallest absolute Gasteiger partial charge is 0.134 e. The Kier molecular flexibility index (Phi) is 3.74. The van der Waals surface area contributed by atoms with Gasteiger partial charge in [-0.1, -0.05) is 43.4 Å². The van der Waals surface area contributed by atoms with Crippen molar-refractivity contribution in [1.29, 1.82) is 0 Å². The van der Waals surface area contributed by atoms with Gasteiger partial charge in [-0.15, -0.1) is 0 Å². The fourth-order valence-electron chi connectivity index (χ4n) is 2.37. The molecule has 0 aliphatic rings. The fraction of sp³-hybridized carbons (Fsp3) is 0.500. The summed E-state index contributed by atoms with van der Waals surface area (Å²) in [5, 5.41) is 0. The lowest BCUT2D eigenvalue weighted by atomic mass is 10.0. The van der Waals surface area contributed by atoms with Gasteiger partial charge in [-0.2, -0.15) is 0 Å². The predicted octanol–water partition coefficient (Wildman–Crippen LogP) is 3.85. The third-order valence-corrected chi connectivity index (χ3v) is 5.47. The van der Waals surface area contributed by atoms with Crippen LogP contribution in [0.25, 0.3) is 0 Å². The number of carbonyl (C=O) groups is 1. The van der Waals surface area contributed by atoms with Crippen LogP contribution in [0.5, 0.6) is 0 Å². The number of Topliss-reactive ketones (excluding diaryl/α,β-unsaturated/α-hetero) is 1. The highest BCUT2D eigenvalue weighted by atomic mass is 28.3. The van der Waals surface area contributed by atoms with E-state index in [0.717, 1.165) is 0 Å². The molecule has 0 spiro atoms. The second-order valence-corrected chi connectivity index (χ2v) is 11.1. The first-order valence-electron chi connectivity index (χ1n) is 5.81. The lowest BCUT2D eigenvalue weighted by Gasteiger charge is -2.28. The third-order valence-electron chi connectivity index (χ3n) is 3.02. The van der Waals surface area contributed by atoms with Crippen LogP contribution < -0.4 is 0 Å². The molecule has 0 fully saturated rings. The summed E-state index contributed by atoms with van der Waals surface area (Å²) in [6, 6.07) is 6.42. The van der Waals surface area contributed by atoms with E-state index in [-0.39, 0.29) is 5.54 Å². The van der Waals surface area contributed by atoms with E-state index in [2.05, 4.69) is 51.7 Å². The lowest BCUT2D eigenvalue weighted by molar-refractivity contribution is -0.116. The molecule has 0 heterocycles. The van der Waals surface area contributed by atoms with Crippen molar-refractivity contribution in [1.82, 2.24) is 0 Å². The van der Waals surface area contributed by atoms with Crippen LogP contribution in [0, 0.1) is 13.8 Å². The molecular formula is C14H22OSi. The maximum atomic E-state index is 11.9. The molecule has 1 aromatic rings. The van der Waals surface area contributed by atoms with Crippen LogP contribution in [-0.2, 0) is 4.79 Å². The van der Waals surface area contributed by atoms with Gasteiger partial charge < -0.3 is 0 Å². The number of hydrogen-bond donors (Lipinski definition) is 0. The molecule has 0 radical (unpaired) electrons. The van der Waals surface area contributed by atoms with Crippen molar-refractivity contribution in [2.75, 3.05) is 0 Å². The zero-order valence-electron chi connectivity index (χ0n) is 11.2. The van der Waals surface area contributed by atoms with E-state index in [9.17, 15) is 4.79 Å². The Labute approximate surface area is 99.9 Å². The van der Waals surface area contributed by atoms with Crippen molar-refractivity contribution >= 4 is 13.9 Å². The highest BCUT2D eigenvalue weighted by Crippen LogP contribution is 2.30. The van der Waals surface area contributed by atoms with E-state index >= 15 is 0 Å². The average molecular weight is 234 g/mol. The molecule has 16 heavy (non-hydrogen) atoms. The lowest BCUT2D eigenvalue weighted by Crippen LogP contribution is -2.36. The maximum Gasteiger partial charge on any atom is 0.134 e. The number of rotatable bonds is 3. The van der Waals surface area contributed by atoms with Gasteiger partial charge in [0.05, 0.1) is 8.07 Å². The van der Waals surface area contributed by atoms with Crippen molar-refractivity contribution in [3.05, 3.63) is 34.9 Å². The molecule has 1 aromatic carbocycles. The van der Waals surface area contributed by atoms with Crippen LogP contribution in [0.4, 0.5) is 0 Å². The molecule has 0 saturated carbocycles. The highest BCUT2D eigenvalue weighted by molar-refractivity contribution is 6.80. The SMILES string of the molecule is CC(=O)C(c1cc(C)ccc1C)[Si](C)(C)C. The minimum Gasteiger partial charge on any atom is -0.300 e. The molecular weight excluding hydrogens is 212 g/mol. The summed E-state index contributed by atoms with van der Waals surface area (Å²) in [7, 11) is -1.49. The Hall–Kier alpha value is -0.893. The van der Waals surface area contributed by atoms with Crippen molar-refractivity contribution in [3.63, 3.8) is 0 Å². The normalized spacial score (nSPS) is 13.6. The topological polar surface area (TPSA) is 17.1 Å². The van der Waals surface area contributed by atoms with Gasteiger partial charge in [0.15, 0.2) is 0 Å². The van der Waals surface area contributed by atoms with E-state index in [1.807, 2.05) is 0 Å². The molecule has 88 valence electrons. The Bertz CT molecular complexity index is 402. The minimum atomic E-state index is -1.49. The van der Waals surface area contributed by atoms with Gasteiger partial charge in [-0.05, 0) is 31.9 Å². The minimum absolute atomic E-state index is 0.132. The zero-order valence-corrected chi connectivity index (χ0v) is 12.2. The first kappa shape index (κ1) is 13.2. The number of ketones is 1. The summed E-state index contributed by atoms with van der Waals surface area (Å²) >= 11 is 0. The second-order valence-electron chi connectivity index (χ2n) is 5.77. The molecule has 0 aliphatic heterocycles. The first-order chi connectivity index (χ1) is 7.23.